The molecule has 0 radical (unpaired) electrons. The Kier molecular flexibility index (Phi) is 4.80. The van der Waals surface area contributed by atoms with Crippen molar-refractivity contribution in [3.63, 3.8) is 0 Å². The predicted octanol–water partition coefficient (Wildman–Crippen LogP) is 4.77. The van der Waals surface area contributed by atoms with Gasteiger partial charge in [0, 0.05) is 6.42 Å². The number of aromatic amines is 1. The van der Waals surface area contributed by atoms with Gasteiger partial charge in [-0.3, -0.25) is 0 Å². The molecule has 0 unspecified atom stereocenters. The molecule has 0 saturated heterocycles. The Labute approximate surface area is 110 Å². The first-order valence-corrected chi connectivity index (χ1v) is 7.25. The van der Waals surface area contributed by atoms with E-state index in [0.717, 1.165) is 17.8 Å². The minimum atomic E-state index is 1.08. The lowest BCUT2D eigenvalue weighted by molar-refractivity contribution is 0.602. The third kappa shape index (κ3) is 3.59. The first-order chi connectivity index (χ1) is 8.79. The summed E-state index contributed by atoms with van der Waals surface area (Å²) in [5, 5.41) is 0. The van der Waals surface area contributed by atoms with Crippen LogP contribution in [0.5, 0.6) is 0 Å². The summed E-state index contributed by atoms with van der Waals surface area (Å²) in [6.07, 6.45) is 9.12. The van der Waals surface area contributed by atoms with E-state index < -0.39 is 0 Å². The van der Waals surface area contributed by atoms with Crippen LogP contribution < -0.4 is 0 Å². The lowest BCUT2D eigenvalue weighted by Gasteiger charge is -1.98. The molecule has 2 aromatic rings. The molecule has 0 atom stereocenters. The molecule has 2 heteroatoms. The van der Waals surface area contributed by atoms with Crippen molar-refractivity contribution in [3.8, 4) is 0 Å². The van der Waals surface area contributed by atoms with Gasteiger partial charge in [0.1, 0.15) is 5.82 Å². The fraction of sp³-hybridized carbons (Fsp3) is 0.562. The highest BCUT2D eigenvalue weighted by Crippen LogP contribution is 2.15. The van der Waals surface area contributed by atoms with Crippen LogP contribution in [0, 0.1) is 6.92 Å². The number of benzene rings is 1. The molecule has 2 rings (SSSR count). The van der Waals surface area contributed by atoms with E-state index in [1.54, 1.807) is 0 Å². The largest absolute Gasteiger partial charge is 0.342 e. The van der Waals surface area contributed by atoms with Gasteiger partial charge in [-0.15, -0.1) is 0 Å². The van der Waals surface area contributed by atoms with Gasteiger partial charge < -0.3 is 4.98 Å². The topological polar surface area (TPSA) is 28.7 Å². The zero-order valence-electron chi connectivity index (χ0n) is 11.6. The maximum Gasteiger partial charge on any atom is 0.107 e. The Balaban J connectivity index is 1.81. The smallest absolute Gasteiger partial charge is 0.107 e. The van der Waals surface area contributed by atoms with E-state index >= 15 is 0 Å². The van der Waals surface area contributed by atoms with Gasteiger partial charge >= 0.3 is 0 Å². The van der Waals surface area contributed by atoms with Crippen molar-refractivity contribution in [1.29, 1.82) is 0 Å². The molecule has 1 aromatic heterocycles. The lowest BCUT2D eigenvalue weighted by atomic mass is 10.1. The van der Waals surface area contributed by atoms with E-state index in [1.807, 2.05) is 0 Å². The normalized spacial score (nSPS) is 11.2. The van der Waals surface area contributed by atoms with Gasteiger partial charge in [0.2, 0.25) is 0 Å². The maximum absolute atomic E-state index is 4.65. The molecule has 0 amide bonds. The summed E-state index contributed by atoms with van der Waals surface area (Å²) in [5.74, 6) is 1.14. The van der Waals surface area contributed by atoms with Crippen molar-refractivity contribution in [2.75, 3.05) is 0 Å². The van der Waals surface area contributed by atoms with Gasteiger partial charge in [0.15, 0.2) is 0 Å². The van der Waals surface area contributed by atoms with Gasteiger partial charge in [-0.25, -0.2) is 4.98 Å². The van der Waals surface area contributed by atoms with Gasteiger partial charge in [-0.1, -0.05) is 45.1 Å². The summed E-state index contributed by atoms with van der Waals surface area (Å²) < 4.78 is 0. The number of hydrogen-bond acceptors (Lipinski definition) is 1. The summed E-state index contributed by atoms with van der Waals surface area (Å²) >= 11 is 0. The van der Waals surface area contributed by atoms with Gasteiger partial charge in [0.25, 0.3) is 0 Å². The molecule has 1 heterocycles. The molecule has 1 N–H and O–H groups in total. The number of unbranched alkanes of at least 4 members (excludes halogenated alkanes) is 5. The molecule has 0 saturated carbocycles. The number of hydrogen-bond donors (Lipinski definition) is 1. The van der Waals surface area contributed by atoms with E-state index in [1.165, 1.54) is 49.6 Å². The van der Waals surface area contributed by atoms with Crippen LogP contribution in [0.1, 0.15) is 56.8 Å². The van der Waals surface area contributed by atoms with Crippen molar-refractivity contribution in [2.24, 2.45) is 0 Å². The van der Waals surface area contributed by atoms with Crippen LogP contribution in [0.3, 0.4) is 0 Å². The molecule has 0 aliphatic carbocycles. The molecule has 18 heavy (non-hydrogen) atoms. The molecule has 0 aliphatic heterocycles. The van der Waals surface area contributed by atoms with Gasteiger partial charge in [-0.2, -0.15) is 0 Å². The maximum atomic E-state index is 4.65. The van der Waals surface area contributed by atoms with E-state index in [9.17, 15) is 0 Å². The second kappa shape index (κ2) is 6.58. The van der Waals surface area contributed by atoms with E-state index in [2.05, 4.69) is 42.0 Å². The fourth-order valence-corrected chi connectivity index (χ4v) is 2.36. The number of rotatable bonds is 7. The van der Waals surface area contributed by atoms with Crippen molar-refractivity contribution < 1.29 is 0 Å². The zero-order valence-corrected chi connectivity index (χ0v) is 11.6. The molecule has 0 fully saturated rings. The Morgan fingerprint density at radius 3 is 2.67 bits per heavy atom. The number of fused-ring (bicyclic) bond motifs is 1. The SMILES string of the molecule is CCCCCCCCc1nc2cc(C)ccc2[nH]1. The van der Waals surface area contributed by atoms with Crippen LogP contribution in [0.2, 0.25) is 0 Å². The van der Waals surface area contributed by atoms with E-state index in [-0.39, 0.29) is 0 Å². The molecule has 1 aromatic carbocycles. The summed E-state index contributed by atoms with van der Waals surface area (Å²) in [6, 6.07) is 6.41. The van der Waals surface area contributed by atoms with E-state index in [0.29, 0.717) is 0 Å². The Hall–Kier alpha value is -1.31. The zero-order chi connectivity index (χ0) is 12.8. The molecular weight excluding hydrogens is 220 g/mol. The monoisotopic (exact) mass is 244 g/mol. The van der Waals surface area contributed by atoms with Crippen LogP contribution in [0.25, 0.3) is 11.0 Å². The Morgan fingerprint density at radius 2 is 1.83 bits per heavy atom. The Bertz CT molecular complexity index is 485. The molecule has 2 nitrogen and oxygen atoms in total. The van der Waals surface area contributed by atoms with Crippen LogP contribution in [-0.2, 0) is 6.42 Å². The molecule has 0 spiro atoms. The number of H-pyrrole nitrogens is 1. The molecule has 98 valence electrons. The van der Waals surface area contributed by atoms with Crippen molar-refractivity contribution in [1.82, 2.24) is 9.97 Å². The third-order valence-electron chi connectivity index (χ3n) is 3.45. The summed E-state index contributed by atoms with van der Waals surface area (Å²) in [6.45, 7) is 4.37. The quantitative estimate of drug-likeness (QED) is 0.698. The van der Waals surface area contributed by atoms with E-state index in [4.69, 9.17) is 0 Å². The molecule has 0 bridgehead atoms. The highest BCUT2D eigenvalue weighted by molar-refractivity contribution is 5.75. The summed E-state index contributed by atoms with van der Waals surface area (Å²) in [5.41, 5.74) is 3.55. The average molecular weight is 244 g/mol. The van der Waals surface area contributed by atoms with Crippen molar-refractivity contribution in [2.45, 2.75) is 58.8 Å². The third-order valence-corrected chi connectivity index (χ3v) is 3.45. The number of nitrogens with one attached hydrogen (secondary N) is 1. The minimum Gasteiger partial charge on any atom is -0.342 e. The van der Waals surface area contributed by atoms with Gasteiger partial charge in [0.05, 0.1) is 11.0 Å². The predicted molar refractivity (Wildman–Crippen MR) is 77.9 cm³/mol. The summed E-state index contributed by atoms with van der Waals surface area (Å²) in [7, 11) is 0. The fourth-order valence-electron chi connectivity index (χ4n) is 2.36. The Morgan fingerprint density at radius 1 is 1.06 bits per heavy atom. The van der Waals surface area contributed by atoms with Crippen LogP contribution in [0.4, 0.5) is 0 Å². The second-order valence-corrected chi connectivity index (χ2v) is 5.22. The highest BCUT2D eigenvalue weighted by atomic mass is 14.9. The second-order valence-electron chi connectivity index (χ2n) is 5.22. The highest BCUT2D eigenvalue weighted by Gasteiger charge is 2.02. The molecule has 0 aliphatic rings. The number of aromatic nitrogens is 2. The first kappa shape index (κ1) is 13.1. The number of imidazole rings is 1. The van der Waals surface area contributed by atoms with Crippen LogP contribution in [-0.4, -0.2) is 9.97 Å². The first-order valence-electron chi connectivity index (χ1n) is 7.25. The lowest BCUT2D eigenvalue weighted by Crippen LogP contribution is -1.88. The van der Waals surface area contributed by atoms with Crippen molar-refractivity contribution in [3.05, 3.63) is 29.6 Å². The standard InChI is InChI=1S/C16H24N2/c1-3-4-5-6-7-8-9-16-17-14-11-10-13(2)12-15(14)18-16/h10-12H,3-9H2,1-2H3,(H,17,18). The van der Waals surface area contributed by atoms with Crippen LogP contribution >= 0.6 is 0 Å². The van der Waals surface area contributed by atoms with Crippen LogP contribution in [0.15, 0.2) is 18.2 Å². The summed E-state index contributed by atoms with van der Waals surface area (Å²) in [4.78, 5) is 8.07. The van der Waals surface area contributed by atoms with Gasteiger partial charge in [-0.05, 0) is 31.0 Å². The molecular formula is C16H24N2. The number of nitrogens with zero attached hydrogens (tertiary/aromatic N) is 1. The number of aryl methyl sites for hydroxylation is 2. The average Bonchev–Trinajstić information content (AvgIpc) is 2.75. The minimum absolute atomic E-state index is 1.08. The van der Waals surface area contributed by atoms with Crippen molar-refractivity contribution >= 4 is 11.0 Å².